The minimum absolute atomic E-state index is 0.168. The highest BCUT2D eigenvalue weighted by Gasteiger charge is 2.15. The van der Waals surface area contributed by atoms with Crippen LogP contribution in [0.15, 0.2) is 48.5 Å². The van der Waals surface area contributed by atoms with E-state index in [0.717, 1.165) is 12.0 Å². The van der Waals surface area contributed by atoms with Crippen molar-refractivity contribution in [2.24, 2.45) is 5.73 Å². The van der Waals surface area contributed by atoms with Gasteiger partial charge in [-0.25, -0.2) is 0 Å². The molecule has 4 nitrogen and oxygen atoms in total. The summed E-state index contributed by atoms with van der Waals surface area (Å²) in [6.07, 6.45) is -0.661. The van der Waals surface area contributed by atoms with Crippen LogP contribution in [0, 0.1) is 0 Å². The minimum Gasteiger partial charge on any atom is -0.371 e. The van der Waals surface area contributed by atoms with Crippen molar-refractivity contribution < 1.29 is 14.7 Å². The topological polar surface area (TPSA) is 80.4 Å². The Morgan fingerprint density at radius 3 is 2.24 bits per heavy atom. The molecule has 21 heavy (non-hydrogen) atoms. The van der Waals surface area contributed by atoms with Crippen molar-refractivity contribution in [1.29, 1.82) is 0 Å². The van der Waals surface area contributed by atoms with Gasteiger partial charge in [-0.05, 0) is 18.1 Å². The Labute approximate surface area is 123 Å². The number of benzene rings is 2. The first-order valence-corrected chi connectivity index (χ1v) is 6.74. The first-order valence-electron chi connectivity index (χ1n) is 6.74. The number of nitrogens with two attached hydrogens (primary N) is 1. The fourth-order valence-corrected chi connectivity index (χ4v) is 2.04. The molecule has 0 radical (unpaired) electrons. The zero-order chi connectivity index (χ0) is 15.4. The van der Waals surface area contributed by atoms with Crippen LogP contribution in [0.3, 0.4) is 0 Å². The third-order valence-corrected chi connectivity index (χ3v) is 3.30. The lowest BCUT2D eigenvalue weighted by molar-refractivity contribution is 0.0759. The maximum absolute atomic E-state index is 12.4. The molecule has 4 heteroatoms. The first kappa shape index (κ1) is 15.1. The quantitative estimate of drug-likeness (QED) is 0.649. The summed E-state index contributed by atoms with van der Waals surface area (Å²) in [4.78, 5) is 24.0. The molecule has 108 valence electrons. The molecule has 0 aliphatic heterocycles. The van der Waals surface area contributed by atoms with E-state index in [9.17, 15) is 9.59 Å². The molecule has 0 aromatic heterocycles. The van der Waals surface area contributed by atoms with Crippen LogP contribution in [0.4, 0.5) is 0 Å². The van der Waals surface area contributed by atoms with Gasteiger partial charge < -0.3 is 5.11 Å². The standard InChI is InChI=1S/C17H17NO3/c1-2-11-6-8-12(9-7-11)15(19)13-4-3-5-14(10-13)16(20)17(18)21/h3-10,17,21H,2,18H2,1H3. The largest absolute Gasteiger partial charge is 0.371 e. The summed E-state index contributed by atoms with van der Waals surface area (Å²) in [5.41, 5.74) is 7.49. The van der Waals surface area contributed by atoms with Gasteiger partial charge in [0.25, 0.3) is 0 Å². The second-order valence-electron chi connectivity index (χ2n) is 4.77. The summed E-state index contributed by atoms with van der Waals surface area (Å²) in [5, 5.41) is 9.12. The van der Waals surface area contributed by atoms with Crippen LogP contribution in [0.5, 0.6) is 0 Å². The maximum Gasteiger partial charge on any atom is 0.205 e. The van der Waals surface area contributed by atoms with Crippen molar-refractivity contribution in [3.8, 4) is 0 Å². The number of aliphatic hydroxyl groups excluding tert-OH is 1. The molecule has 0 saturated carbocycles. The van der Waals surface area contributed by atoms with Crippen LogP contribution < -0.4 is 5.73 Å². The number of hydrogen-bond donors (Lipinski definition) is 2. The molecule has 0 bridgehead atoms. The number of ketones is 2. The van der Waals surface area contributed by atoms with Crippen molar-refractivity contribution in [1.82, 2.24) is 0 Å². The predicted octanol–water partition coefficient (Wildman–Crippen LogP) is 1.94. The minimum atomic E-state index is -1.57. The highest BCUT2D eigenvalue weighted by molar-refractivity contribution is 6.10. The number of carbonyl (C=O) groups excluding carboxylic acids is 2. The number of rotatable bonds is 5. The van der Waals surface area contributed by atoms with E-state index in [1.165, 1.54) is 12.1 Å². The second kappa shape index (κ2) is 6.43. The number of aliphatic hydroxyl groups is 1. The van der Waals surface area contributed by atoms with Gasteiger partial charge >= 0.3 is 0 Å². The monoisotopic (exact) mass is 283 g/mol. The number of hydrogen-bond acceptors (Lipinski definition) is 4. The fourth-order valence-electron chi connectivity index (χ4n) is 2.04. The summed E-state index contributed by atoms with van der Waals surface area (Å²) in [6.45, 7) is 2.05. The molecule has 2 aromatic rings. The highest BCUT2D eigenvalue weighted by atomic mass is 16.3. The van der Waals surface area contributed by atoms with Gasteiger partial charge in [0.2, 0.25) is 5.78 Å². The molecule has 0 fully saturated rings. The van der Waals surface area contributed by atoms with Gasteiger partial charge in [0.05, 0.1) is 0 Å². The SMILES string of the molecule is CCc1ccc(C(=O)c2cccc(C(=O)C(N)O)c2)cc1. The van der Waals surface area contributed by atoms with Crippen molar-refractivity contribution in [2.75, 3.05) is 0 Å². The van der Waals surface area contributed by atoms with E-state index in [2.05, 4.69) is 0 Å². The Balaban J connectivity index is 2.30. The van der Waals surface area contributed by atoms with Gasteiger partial charge in [-0.1, -0.05) is 49.4 Å². The molecule has 0 heterocycles. The molecule has 0 spiro atoms. The Bertz CT molecular complexity index is 660. The van der Waals surface area contributed by atoms with E-state index in [1.807, 2.05) is 19.1 Å². The summed E-state index contributed by atoms with van der Waals surface area (Å²) in [7, 11) is 0. The maximum atomic E-state index is 12.4. The normalized spacial score (nSPS) is 12.0. The average molecular weight is 283 g/mol. The van der Waals surface area contributed by atoms with Gasteiger partial charge in [-0.3, -0.25) is 15.3 Å². The zero-order valence-corrected chi connectivity index (χ0v) is 11.7. The third-order valence-electron chi connectivity index (χ3n) is 3.30. The average Bonchev–Trinajstić information content (AvgIpc) is 2.53. The molecule has 0 saturated heterocycles. The lowest BCUT2D eigenvalue weighted by Crippen LogP contribution is -2.29. The van der Waals surface area contributed by atoms with E-state index in [1.54, 1.807) is 24.3 Å². The van der Waals surface area contributed by atoms with E-state index in [0.29, 0.717) is 11.1 Å². The lowest BCUT2D eigenvalue weighted by Gasteiger charge is -2.06. The van der Waals surface area contributed by atoms with Gasteiger partial charge in [-0.15, -0.1) is 0 Å². The zero-order valence-electron chi connectivity index (χ0n) is 11.7. The van der Waals surface area contributed by atoms with Crippen LogP contribution in [0.25, 0.3) is 0 Å². The molecule has 2 aromatic carbocycles. The Kier molecular flexibility index (Phi) is 4.62. The van der Waals surface area contributed by atoms with Crippen LogP contribution in [0.2, 0.25) is 0 Å². The van der Waals surface area contributed by atoms with E-state index in [4.69, 9.17) is 10.8 Å². The van der Waals surface area contributed by atoms with Gasteiger partial charge in [0.1, 0.15) is 0 Å². The van der Waals surface area contributed by atoms with Crippen molar-refractivity contribution in [2.45, 2.75) is 19.6 Å². The van der Waals surface area contributed by atoms with Crippen molar-refractivity contribution in [3.05, 3.63) is 70.8 Å². The van der Waals surface area contributed by atoms with Crippen LogP contribution in [-0.2, 0) is 6.42 Å². The second-order valence-corrected chi connectivity index (χ2v) is 4.77. The molecule has 0 amide bonds. The van der Waals surface area contributed by atoms with E-state index < -0.39 is 12.0 Å². The number of carbonyl (C=O) groups is 2. The molecule has 2 rings (SSSR count). The van der Waals surface area contributed by atoms with E-state index >= 15 is 0 Å². The summed E-state index contributed by atoms with van der Waals surface area (Å²) in [5.74, 6) is -0.773. The molecule has 3 N–H and O–H groups in total. The molecular formula is C17H17NO3. The van der Waals surface area contributed by atoms with Crippen LogP contribution >= 0.6 is 0 Å². The lowest BCUT2D eigenvalue weighted by atomic mass is 9.98. The van der Waals surface area contributed by atoms with Crippen LogP contribution in [0.1, 0.15) is 38.8 Å². The Hall–Kier alpha value is -2.30. The van der Waals surface area contributed by atoms with Gasteiger partial charge in [0.15, 0.2) is 12.0 Å². The predicted molar refractivity (Wildman–Crippen MR) is 80.2 cm³/mol. The summed E-state index contributed by atoms with van der Waals surface area (Å²) < 4.78 is 0. The highest BCUT2D eigenvalue weighted by Crippen LogP contribution is 2.14. The fraction of sp³-hybridized carbons (Fsp3) is 0.176. The Morgan fingerprint density at radius 1 is 1.05 bits per heavy atom. The third kappa shape index (κ3) is 3.42. The first-order chi connectivity index (χ1) is 10.0. The molecule has 0 aliphatic rings. The summed E-state index contributed by atoms with van der Waals surface area (Å²) >= 11 is 0. The van der Waals surface area contributed by atoms with Gasteiger partial charge in [0, 0.05) is 16.7 Å². The van der Waals surface area contributed by atoms with Crippen molar-refractivity contribution in [3.63, 3.8) is 0 Å². The molecule has 0 aliphatic carbocycles. The van der Waals surface area contributed by atoms with Crippen molar-refractivity contribution >= 4 is 11.6 Å². The van der Waals surface area contributed by atoms with Gasteiger partial charge in [-0.2, -0.15) is 0 Å². The molecule has 1 unspecified atom stereocenters. The molecule has 1 atom stereocenters. The number of Topliss-reactive ketones (excluding diaryl/α,β-unsaturated/α-hetero) is 1. The summed E-state index contributed by atoms with van der Waals surface area (Å²) in [6, 6.07) is 13.6. The molecular weight excluding hydrogens is 266 g/mol. The number of aryl methyl sites for hydroxylation is 1. The Morgan fingerprint density at radius 2 is 1.67 bits per heavy atom. The van der Waals surface area contributed by atoms with E-state index in [-0.39, 0.29) is 11.3 Å². The smallest absolute Gasteiger partial charge is 0.205 e. The van der Waals surface area contributed by atoms with Crippen LogP contribution in [-0.4, -0.2) is 22.9 Å².